The fourth-order valence-corrected chi connectivity index (χ4v) is 2.74. The number of nitrogens with one attached hydrogen (secondary N) is 2. The van der Waals surface area contributed by atoms with E-state index >= 15 is 0 Å². The quantitative estimate of drug-likeness (QED) is 0.578. The van der Waals surface area contributed by atoms with Gasteiger partial charge in [0, 0.05) is 11.9 Å². The molecule has 3 rings (SSSR count). The van der Waals surface area contributed by atoms with Crippen molar-refractivity contribution >= 4 is 23.0 Å². The summed E-state index contributed by atoms with van der Waals surface area (Å²) < 4.78 is 5.83. The van der Waals surface area contributed by atoms with Crippen molar-refractivity contribution in [3.05, 3.63) is 78.1 Å². The summed E-state index contributed by atoms with van der Waals surface area (Å²) in [6, 6.07) is 17.3. The molecule has 2 aromatic carbocycles. The molecule has 0 saturated carbocycles. The van der Waals surface area contributed by atoms with Crippen molar-refractivity contribution in [1.82, 2.24) is 4.98 Å². The Bertz CT molecular complexity index is 937. The maximum absolute atomic E-state index is 12.6. The molecule has 1 heterocycles. The maximum atomic E-state index is 12.6. The highest BCUT2D eigenvalue weighted by Gasteiger charge is 2.10. The molecule has 5 nitrogen and oxygen atoms in total. The topological polar surface area (TPSA) is 63.2 Å². The van der Waals surface area contributed by atoms with Gasteiger partial charge in [0.15, 0.2) is 0 Å². The lowest BCUT2D eigenvalue weighted by Crippen LogP contribution is -2.12. The van der Waals surface area contributed by atoms with Crippen LogP contribution in [-0.2, 0) is 6.42 Å². The van der Waals surface area contributed by atoms with Crippen LogP contribution in [0.15, 0.2) is 67.0 Å². The van der Waals surface area contributed by atoms with E-state index < -0.39 is 0 Å². The third kappa shape index (κ3) is 5.10. The average molecular weight is 375 g/mol. The normalized spacial score (nSPS) is 10.6. The van der Waals surface area contributed by atoms with E-state index in [9.17, 15) is 4.79 Å². The first-order valence-corrected chi connectivity index (χ1v) is 9.43. The van der Waals surface area contributed by atoms with Gasteiger partial charge in [0.25, 0.3) is 5.91 Å². The average Bonchev–Trinajstić information content (AvgIpc) is 2.70. The molecule has 28 heavy (non-hydrogen) atoms. The van der Waals surface area contributed by atoms with Crippen molar-refractivity contribution in [1.29, 1.82) is 0 Å². The molecule has 144 valence electrons. The highest BCUT2D eigenvalue weighted by atomic mass is 16.5. The first kappa shape index (κ1) is 19.4. The van der Waals surface area contributed by atoms with Crippen molar-refractivity contribution in [3.8, 4) is 5.75 Å². The third-order valence-corrected chi connectivity index (χ3v) is 4.15. The summed E-state index contributed by atoms with van der Waals surface area (Å²) in [4.78, 5) is 16.8. The van der Waals surface area contributed by atoms with Crippen molar-refractivity contribution < 1.29 is 9.53 Å². The van der Waals surface area contributed by atoms with Gasteiger partial charge in [-0.2, -0.15) is 0 Å². The molecule has 0 spiro atoms. The van der Waals surface area contributed by atoms with Crippen LogP contribution in [0.4, 0.5) is 17.1 Å². The summed E-state index contributed by atoms with van der Waals surface area (Å²) in [5.74, 6) is 0.551. The third-order valence-electron chi connectivity index (χ3n) is 4.15. The lowest BCUT2D eigenvalue weighted by Gasteiger charge is -2.15. The highest BCUT2D eigenvalue weighted by molar-refractivity contribution is 6.04. The predicted octanol–water partition coefficient (Wildman–Crippen LogP) is 5.43. The number of nitrogens with zero attached hydrogens (tertiary/aromatic N) is 1. The summed E-state index contributed by atoms with van der Waals surface area (Å²) in [5, 5.41) is 6.19. The monoisotopic (exact) mass is 375 g/mol. The van der Waals surface area contributed by atoms with E-state index in [-0.39, 0.29) is 12.0 Å². The number of carbonyl (C=O) groups excluding carboxylic acids is 1. The van der Waals surface area contributed by atoms with Gasteiger partial charge in [-0.15, -0.1) is 0 Å². The number of hydrogen-bond donors (Lipinski definition) is 2. The first-order chi connectivity index (χ1) is 13.5. The van der Waals surface area contributed by atoms with Crippen molar-refractivity contribution in [2.75, 3.05) is 10.6 Å². The van der Waals surface area contributed by atoms with Crippen molar-refractivity contribution in [2.24, 2.45) is 0 Å². The number of para-hydroxylation sites is 2. The Morgan fingerprint density at radius 1 is 1.04 bits per heavy atom. The second-order valence-corrected chi connectivity index (χ2v) is 6.75. The minimum atomic E-state index is -0.202. The van der Waals surface area contributed by atoms with Crippen LogP contribution in [0, 0.1) is 0 Å². The van der Waals surface area contributed by atoms with Gasteiger partial charge in [0.05, 0.1) is 29.2 Å². The molecular formula is C23H25N3O2. The molecule has 1 aromatic heterocycles. The van der Waals surface area contributed by atoms with Gasteiger partial charge in [-0.25, -0.2) is 0 Å². The number of amides is 1. The van der Waals surface area contributed by atoms with E-state index in [1.54, 1.807) is 18.5 Å². The Labute approximate surface area is 165 Å². The molecule has 0 fully saturated rings. The molecule has 0 unspecified atom stereocenters. The van der Waals surface area contributed by atoms with Gasteiger partial charge in [0.2, 0.25) is 0 Å². The molecule has 0 aliphatic rings. The Kier molecular flexibility index (Phi) is 6.27. The van der Waals surface area contributed by atoms with E-state index in [4.69, 9.17) is 4.74 Å². The second kappa shape index (κ2) is 9.04. The van der Waals surface area contributed by atoms with Crippen LogP contribution >= 0.6 is 0 Å². The number of rotatable bonds is 7. The van der Waals surface area contributed by atoms with E-state index in [0.29, 0.717) is 11.3 Å². The fraction of sp³-hybridized carbons (Fsp3) is 0.217. The number of carbonyl (C=O) groups is 1. The lowest BCUT2D eigenvalue weighted by molar-refractivity contribution is 0.102. The lowest BCUT2D eigenvalue weighted by atomic mass is 10.1. The summed E-state index contributed by atoms with van der Waals surface area (Å²) in [7, 11) is 0. The number of benzene rings is 2. The van der Waals surface area contributed by atoms with Crippen LogP contribution in [-0.4, -0.2) is 17.0 Å². The van der Waals surface area contributed by atoms with Crippen LogP contribution in [0.5, 0.6) is 5.75 Å². The molecule has 0 aliphatic heterocycles. The molecule has 1 amide bonds. The SMILES string of the molecule is CCc1ccc(NC(=O)c2cncc(Nc3ccccc3OC(C)C)c2)cc1. The van der Waals surface area contributed by atoms with Crippen LogP contribution in [0.1, 0.15) is 36.7 Å². The summed E-state index contributed by atoms with van der Waals surface area (Å²) in [5.41, 5.74) is 4.01. The van der Waals surface area contributed by atoms with E-state index in [0.717, 1.165) is 23.5 Å². The van der Waals surface area contributed by atoms with Crippen molar-refractivity contribution in [3.63, 3.8) is 0 Å². The molecule has 3 aromatic rings. The van der Waals surface area contributed by atoms with Gasteiger partial charge in [0.1, 0.15) is 5.75 Å². The van der Waals surface area contributed by atoms with E-state index in [1.807, 2.05) is 62.4 Å². The van der Waals surface area contributed by atoms with E-state index in [2.05, 4.69) is 22.5 Å². The van der Waals surface area contributed by atoms with Crippen LogP contribution < -0.4 is 15.4 Å². The zero-order chi connectivity index (χ0) is 19.9. The highest BCUT2D eigenvalue weighted by Crippen LogP contribution is 2.28. The van der Waals surface area contributed by atoms with Gasteiger partial charge in [-0.05, 0) is 56.2 Å². The zero-order valence-corrected chi connectivity index (χ0v) is 16.4. The maximum Gasteiger partial charge on any atom is 0.257 e. The Balaban J connectivity index is 1.74. The fourth-order valence-electron chi connectivity index (χ4n) is 2.74. The summed E-state index contributed by atoms with van der Waals surface area (Å²) in [6.07, 6.45) is 4.27. The van der Waals surface area contributed by atoms with Crippen molar-refractivity contribution in [2.45, 2.75) is 33.3 Å². The standard InChI is InChI=1S/C23H25N3O2/c1-4-17-9-11-19(12-10-17)26-23(27)18-13-20(15-24-14-18)25-21-7-5-6-8-22(21)28-16(2)3/h5-16,25H,4H2,1-3H3,(H,26,27). The molecule has 0 saturated heterocycles. The molecule has 2 N–H and O–H groups in total. The first-order valence-electron chi connectivity index (χ1n) is 9.43. The van der Waals surface area contributed by atoms with Gasteiger partial charge in [-0.3, -0.25) is 9.78 Å². The van der Waals surface area contributed by atoms with Gasteiger partial charge in [-0.1, -0.05) is 31.2 Å². The largest absolute Gasteiger partial charge is 0.489 e. The molecule has 0 radical (unpaired) electrons. The van der Waals surface area contributed by atoms with Gasteiger partial charge < -0.3 is 15.4 Å². The number of aryl methyl sites for hydroxylation is 1. The number of anilines is 3. The smallest absolute Gasteiger partial charge is 0.257 e. The second-order valence-electron chi connectivity index (χ2n) is 6.75. The van der Waals surface area contributed by atoms with E-state index in [1.165, 1.54) is 5.56 Å². The Morgan fingerprint density at radius 2 is 1.79 bits per heavy atom. The number of ether oxygens (including phenoxy) is 1. The van der Waals surface area contributed by atoms with Gasteiger partial charge >= 0.3 is 0 Å². The number of aromatic nitrogens is 1. The summed E-state index contributed by atoms with van der Waals surface area (Å²) >= 11 is 0. The van der Waals surface area contributed by atoms with Crippen LogP contribution in [0.25, 0.3) is 0 Å². The molecule has 0 atom stereocenters. The molecule has 0 aliphatic carbocycles. The summed E-state index contributed by atoms with van der Waals surface area (Å²) in [6.45, 7) is 6.06. The molecular weight excluding hydrogens is 350 g/mol. The zero-order valence-electron chi connectivity index (χ0n) is 16.4. The Hall–Kier alpha value is -3.34. The minimum absolute atomic E-state index is 0.0669. The number of pyridine rings is 1. The van der Waals surface area contributed by atoms with Crippen LogP contribution in [0.3, 0.4) is 0 Å². The number of hydrogen-bond acceptors (Lipinski definition) is 4. The van der Waals surface area contributed by atoms with Crippen LogP contribution in [0.2, 0.25) is 0 Å². The molecule has 0 bridgehead atoms. The predicted molar refractivity (Wildman–Crippen MR) is 113 cm³/mol. The minimum Gasteiger partial charge on any atom is -0.489 e. The Morgan fingerprint density at radius 3 is 2.50 bits per heavy atom. The molecule has 5 heteroatoms.